The number of nitrogens with one attached hydrogen (secondary N) is 1. The highest BCUT2D eigenvalue weighted by atomic mass is 16.5. The summed E-state index contributed by atoms with van der Waals surface area (Å²) in [4.78, 5) is 12.5. The van der Waals surface area contributed by atoms with Gasteiger partial charge < -0.3 is 14.8 Å². The van der Waals surface area contributed by atoms with Crippen molar-refractivity contribution >= 4 is 5.91 Å². The third kappa shape index (κ3) is 3.69. The molecule has 0 radical (unpaired) electrons. The normalized spacial score (nSPS) is 25.2. The molecule has 0 unspecified atom stereocenters. The molecule has 1 aliphatic rings. The van der Waals surface area contributed by atoms with Crippen molar-refractivity contribution in [3.8, 4) is 11.5 Å². The van der Waals surface area contributed by atoms with Crippen molar-refractivity contribution in [2.45, 2.75) is 39.2 Å². The van der Waals surface area contributed by atoms with E-state index in [1.807, 2.05) is 0 Å². The zero-order valence-electron chi connectivity index (χ0n) is 13.3. The first kappa shape index (κ1) is 15.7. The Kier molecular flexibility index (Phi) is 5.10. The first-order valence-electron chi connectivity index (χ1n) is 7.59. The van der Waals surface area contributed by atoms with Gasteiger partial charge in [-0.3, -0.25) is 4.79 Å². The Labute approximate surface area is 126 Å². The van der Waals surface area contributed by atoms with E-state index in [4.69, 9.17) is 9.47 Å². The molecule has 116 valence electrons. The third-order valence-corrected chi connectivity index (χ3v) is 4.64. The molecule has 4 heteroatoms. The first-order valence-corrected chi connectivity index (χ1v) is 7.59. The van der Waals surface area contributed by atoms with E-state index >= 15 is 0 Å². The zero-order valence-corrected chi connectivity index (χ0v) is 13.3. The highest BCUT2D eigenvalue weighted by molar-refractivity contribution is 5.95. The van der Waals surface area contributed by atoms with Gasteiger partial charge in [-0.15, -0.1) is 0 Å². The maximum atomic E-state index is 12.5. The Bertz CT molecular complexity index is 479. The summed E-state index contributed by atoms with van der Waals surface area (Å²) in [7, 11) is 3.17. The van der Waals surface area contributed by atoms with Crippen molar-refractivity contribution in [3.63, 3.8) is 0 Å². The number of hydrogen-bond donors (Lipinski definition) is 1. The number of ether oxygens (including phenoxy) is 2. The fraction of sp³-hybridized carbons (Fsp3) is 0.588. The largest absolute Gasteiger partial charge is 0.497 e. The van der Waals surface area contributed by atoms with Gasteiger partial charge in [-0.25, -0.2) is 0 Å². The Morgan fingerprint density at radius 2 is 1.71 bits per heavy atom. The van der Waals surface area contributed by atoms with Gasteiger partial charge in [0.2, 0.25) is 0 Å². The number of hydrogen-bond acceptors (Lipinski definition) is 3. The Balaban J connectivity index is 2.12. The number of carbonyl (C=O) groups excluding carboxylic acids is 1. The second-order valence-electron chi connectivity index (χ2n) is 5.95. The standard InChI is InChI=1S/C17H25NO3/c1-11-6-5-7-16(12(11)2)18-17(19)13-8-14(20-3)10-15(9-13)21-4/h8-12,16H,5-7H2,1-4H3,(H,18,19)/t11-,12+,16+/m0/s1. The number of amides is 1. The average molecular weight is 291 g/mol. The molecular weight excluding hydrogens is 266 g/mol. The molecule has 0 spiro atoms. The quantitative estimate of drug-likeness (QED) is 0.926. The topological polar surface area (TPSA) is 47.6 Å². The molecule has 3 atom stereocenters. The molecule has 1 saturated carbocycles. The van der Waals surface area contributed by atoms with Gasteiger partial charge in [0.05, 0.1) is 14.2 Å². The highest BCUT2D eigenvalue weighted by Gasteiger charge is 2.28. The van der Waals surface area contributed by atoms with Crippen molar-refractivity contribution in [2.24, 2.45) is 11.8 Å². The van der Waals surface area contributed by atoms with Gasteiger partial charge in [0, 0.05) is 17.7 Å². The molecule has 21 heavy (non-hydrogen) atoms. The zero-order chi connectivity index (χ0) is 15.4. The van der Waals surface area contributed by atoms with Crippen LogP contribution in [0.5, 0.6) is 11.5 Å². The van der Waals surface area contributed by atoms with Crippen molar-refractivity contribution in [1.29, 1.82) is 0 Å². The lowest BCUT2D eigenvalue weighted by Gasteiger charge is -2.34. The molecule has 1 aliphatic carbocycles. The second kappa shape index (κ2) is 6.83. The van der Waals surface area contributed by atoms with Crippen molar-refractivity contribution in [2.75, 3.05) is 14.2 Å². The predicted molar refractivity (Wildman–Crippen MR) is 83.0 cm³/mol. The summed E-state index contributed by atoms with van der Waals surface area (Å²) >= 11 is 0. The van der Waals surface area contributed by atoms with Gasteiger partial charge in [0.15, 0.2) is 0 Å². The van der Waals surface area contributed by atoms with Crippen LogP contribution in [0.15, 0.2) is 18.2 Å². The number of methoxy groups -OCH3 is 2. The molecule has 1 amide bonds. The summed E-state index contributed by atoms with van der Waals surface area (Å²) in [5.41, 5.74) is 0.580. The van der Waals surface area contributed by atoms with Crippen molar-refractivity contribution in [1.82, 2.24) is 5.32 Å². The second-order valence-corrected chi connectivity index (χ2v) is 5.95. The summed E-state index contributed by atoms with van der Waals surface area (Å²) in [6.45, 7) is 4.48. The molecule has 4 nitrogen and oxygen atoms in total. The maximum Gasteiger partial charge on any atom is 0.251 e. The van der Waals surface area contributed by atoms with Gasteiger partial charge in [0.1, 0.15) is 11.5 Å². The fourth-order valence-electron chi connectivity index (χ4n) is 2.98. The summed E-state index contributed by atoms with van der Waals surface area (Å²) in [6.07, 6.45) is 3.48. The third-order valence-electron chi connectivity index (χ3n) is 4.64. The van der Waals surface area contributed by atoms with Gasteiger partial charge >= 0.3 is 0 Å². The maximum absolute atomic E-state index is 12.5. The van der Waals surface area contributed by atoms with Crippen molar-refractivity contribution in [3.05, 3.63) is 23.8 Å². The molecule has 0 saturated heterocycles. The van der Waals surface area contributed by atoms with Gasteiger partial charge in [-0.05, 0) is 30.4 Å². The van der Waals surface area contributed by atoms with Gasteiger partial charge in [0.25, 0.3) is 5.91 Å². The average Bonchev–Trinajstić information content (AvgIpc) is 2.51. The van der Waals surface area contributed by atoms with Crippen LogP contribution in [0.3, 0.4) is 0 Å². The van der Waals surface area contributed by atoms with E-state index in [0.717, 1.165) is 6.42 Å². The van der Waals surface area contributed by atoms with Crippen LogP contribution in [0.1, 0.15) is 43.5 Å². The minimum absolute atomic E-state index is 0.0573. The molecule has 1 aromatic rings. The van der Waals surface area contributed by atoms with Gasteiger partial charge in [-0.1, -0.05) is 26.7 Å². The van der Waals surface area contributed by atoms with E-state index in [1.54, 1.807) is 32.4 Å². The molecule has 2 rings (SSSR count). The molecule has 1 N–H and O–H groups in total. The lowest BCUT2D eigenvalue weighted by Crippen LogP contribution is -2.43. The van der Waals surface area contributed by atoms with Crippen LogP contribution in [0, 0.1) is 11.8 Å². The van der Waals surface area contributed by atoms with Crippen molar-refractivity contribution < 1.29 is 14.3 Å². The van der Waals surface area contributed by atoms with Crippen LogP contribution in [0.4, 0.5) is 0 Å². The van der Waals surface area contributed by atoms with Crippen LogP contribution in [-0.2, 0) is 0 Å². The molecule has 0 heterocycles. The molecule has 1 fully saturated rings. The number of carbonyl (C=O) groups is 1. The lowest BCUT2D eigenvalue weighted by atomic mass is 9.78. The lowest BCUT2D eigenvalue weighted by molar-refractivity contribution is 0.0890. The van der Waals surface area contributed by atoms with Crippen LogP contribution in [0.25, 0.3) is 0 Å². The molecule has 0 aliphatic heterocycles. The van der Waals surface area contributed by atoms with E-state index in [-0.39, 0.29) is 11.9 Å². The molecule has 0 aromatic heterocycles. The Morgan fingerprint density at radius 1 is 1.10 bits per heavy atom. The SMILES string of the molecule is COc1cc(OC)cc(C(=O)N[C@@H]2CCC[C@H](C)[C@H]2C)c1. The summed E-state index contributed by atoms with van der Waals surface area (Å²) in [6, 6.07) is 5.50. The van der Waals surface area contributed by atoms with E-state index in [9.17, 15) is 4.79 Å². The van der Waals surface area contributed by atoms with Crippen LogP contribution >= 0.6 is 0 Å². The summed E-state index contributed by atoms with van der Waals surface area (Å²) in [5.74, 6) is 2.37. The minimum Gasteiger partial charge on any atom is -0.497 e. The highest BCUT2D eigenvalue weighted by Crippen LogP contribution is 2.30. The van der Waals surface area contributed by atoms with Crippen LogP contribution in [-0.4, -0.2) is 26.2 Å². The monoisotopic (exact) mass is 291 g/mol. The van der Waals surface area contributed by atoms with E-state index in [1.165, 1.54) is 12.8 Å². The summed E-state index contributed by atoms with van der Waals surface area (Å²) < 4.78 is 10.4. The van der Waals surface area contributed by atoms with Gasteiger partial charge in [-0.2, -0.15) is 0 Å². The predicted octanol–water partition coefficient (Wildman–Crippen LogP) is 3.26. The Hall–Kier alpha value is -1.71. The fourth-order valence-corrected chi connectivity index (χ4v) is 2.98. The Morgan fingerprint density at radius 3 is 2.29 bits per heavy atom. The summed E-state index contributed by atoms with van der Waals surface area (Å²) in [5, 5.41) is 3.17. The number of benzene rings is 1. The van der Waals surface area contributed by atoms with E-state index in [2.05, 4.69) is 19.2 Å². The van der Waals surface area contributed by atoms with Crippen LogP contribution in [0.2, 0.25) is 0 Å². The molecule has 1 aromatic carbocycles. The minimum atomic E-state index is -0.0573. The van der Waals surface area contributed by atoms with E-state index in [0.29, 0.717) is 28.9 Å². The molecule has 0 bridgehead atoms. The smallest absolute Gasteiger partial charge is 0.251 e. The van der Waals surface area contributed by atoms with E-state index < -0.39 is 0 Å². The van der Waals surface area contributed by atoms with Crippen LogP contribution < -0.4 is 14.8 Å². The number of rotatable bonds is 4. The first-order chi connectivity index (χ1) is 10.0. The molecular formula is C17H25NO3.